The van der Waals surface area contributed by atoms with E-state index in [9.17, 15) is 0 Å². The summed E-state index contributed by atoms with van der Waals surface area (Å²) in [6.07, 6.45) is 3.77. The minimum atomic E-state index is 0.461. The summed E-state index contributed by atoms with van der Waals surface area (Å²) < 4.78 is 5.00. The monoisotopic (exact) mass is 288 g/mol. The first-order valence-corrected chi connectivity index (χ1v) is 7.26. The van der Waals surface area contributed by atoms with E-state index in [1.54, 1.807) is 6.33 Å². The van der Waals surface area contributed by atoms with Gasteiger partial charge in [-0.05, 0) is 19.8 Å². The Hall–Kier alpha value is -2.02. The van der Waals surface area contributed by atoms with Gasteiger partial charge in [0.15, 0.2) is 5.82 Å². The van der Waals surface area contributed by atoms with Gasteiger partial charge < -0.3 is 9.84 Å². The van der Waals surface area contributed by atoms with Gasteiger partial charge in [0.2, 0.25) is 5.89 Å². The molecule has 0 bridgehead atoms. The maximum atomic E-state index is 5.00. The maximum Gasteiger partial charge on any atom is 0.223 e. The normalized spacial score (nSPS) is 17.0. The molecule has 0 radical (unpaired) electrons. The van der Waals surface area contributed by atoms with Crippen molar-refractivity contribution in [2.24, 2.45) is 0 Å². The molecule has 0 spiro atoms. The van der Waals surface area contributed by atoms with E-state index in [2.05, 4.69) is 30.3 Å². The van der Waals surface area contributed by atoms with E-state index in [1.165, 1.54) is 0 Å². The molecule has 1 N–H and O–H groups in total. The van der Waals surface area contributed by atoms with Gasteiger partial charge in [-0.3, -0.25) is 4.90 Å². The van der Waals surface area contributed by atoms with Crippen molar-refractivity contribution in [3.05, 3.63) is 29.8 Å². The summed E-state index contributed by atoms with van der Waals surface area (Å²) >= 11 is 0. The van der Waals surface area contributed by atoms with Crippen LogP contribution in [0.25, 0.3) is 0 Å². The van der Waals surface area contributed by atoms with E-state index in [4.69, 9.17) is 4.52 Å². The van der Waals surface area contributed by atoms with Gasteiger partial charge in [0.1, 0.15) is 12.1 Å². The topological polar surface area (TPSA) is 80.0 Å². The van der Waals surface area contributed by atoms with Crippen molar-refractivity contribution in [1.82, 2.24) is 25.0 Å². The van der Waals surface area contributed by atoms with Crippen LogP contribution in [-0.4, -0.2) is 44.1 Å². The number of rotatable bonds is 4. The van der Waals surface area contributed by atoms with Crippen molar-refractivity contribution >= 4 is 5.82 Å². The van der Waals surface area contributed by atoms with Crippen LogP contribution in [-0.2, 0) is 6.54 Å². The predicted molar refractivity (Wildman–Crippen MR) is 77.7 cm³/mol. The van der Waals surface area contributed by atoms with Gasteiger partial charge in [-0.15, -0.1) is 0 Å². The molecule has 7 heteroatoms. The maximum absolute atomic E-state index is 5.00. The third-order valence-corrected chi connectivity index (χ3v) is 3.68. The molecular formula is C14H20N6O. The van der Waals surface area contributed by atoms with Crippen LogP contribution in [0.4, 0.5) is 5.82 Å². The predicted octanol–water partition coefficient (Wildman–Crippen LogP) is 1.55. The molecule has 0 aromatic carbocycles. The van der Waals surface area contributed by atoms with Crippen LogP contribution in [0.1, 0.15) is 30.3 Å². The van der Waals surface area contributed by atoms with E-state index in [1.807, 2.05) is 19.9 Å². The molecule has 0 aliphatic carbocycles. The van der Waals surface area contributed by atoms with E-state index in [0.29, 0.717) is 11.9 Å². The van der Waals surface area contributed by atoms with Gasteiger partial charge in [0.25, 0.3) is 0 Å². The molecule has 1 saturated heterocycles. The van der Waals surface area contributed by atoms with Gasteiger partial charge >= 0.3 is 0 Å². The van der Waals surface area contributed by atoms with Gasteiger partial charge in [0, 0.05) is 37.8 Å². The Bertz CT molecular complexity index is 591. The highest BCUT2D eigenvalue weighted by Gasteiger charge is 2.20. The average molecular weight is 288 g/mol. The molecule has 1 aliphatic rings. The molecule has 2 aromatic rings. The van der Waals surface area contributed by atoms with Gasteiger partial charge in [0.05, 0.1) is 6.54 Å². The zero-order valence-corrected chi connectivity index (χ0v) is 12.4. The smallest absolute Gasteiger partial charge is 0.223 e. The zero-order chi connectivity index (χ0) is 14.7. The van der Waals surface area contributed by atoms with Crippen molar-refractivity contribution in [3.8, 4) is 0 Å². The number of aromatic nitrogens is 4. The second-order valence-electron chi connectivity index (χ2n) is 5.47. The molecule has 3 rings (SSSR count). The van der Waals surface area contributed by atoms with Crippen LogP contribution < -0.4 is 5.32 Å². The molecule has 7 nitrogen and oxygen atoms in total. The first kappa shape index (κ1) is 13.9. The van der Waals surface area contributed by atoms with Gasteiger partial charge in [-0.1, -0.05) is 5.16 Å². The molecule has 2 aromatic heterocycles. The SMILES string of the molecule is Cc1cc(NC2CCN(Cc3noc(C)n3)CC2)ncn1. The van der Waals surface area contributed by atoms with E-state index < -0.39 is 0 Å². The van der Waals surface area contributed by atoms with E-state index in [0.717, 1.165) is 49.8 Å². The van der Waals surface area contributed by atoms with Crippen LogP contribution >= 0.6 is 0 Å². The first-order valence-electron chi connectivity index (χ1n) is 7.26. The molecule has 1 aliphatic heterocycles. The first-order chi connectivity index (χ1) is 10.2. The fraction of sp³-hybridized carbons (Fsp3) is 0.571. The number of anilines is 1. The highest BCUT2D eigenvalue weighted by atomic mass is 16.5. The molecular weight excluding hydrogens is 268 g/mol. The molecule has 0 amide bonds. The number of hydrogen-bond acceptors (Lipinski definition) is 7. The Morgan fingerprint density at radius 1 is 1.29 bits per heavy atom. The van der Waals surface area contributed by atoms with Crippen LogP contribution in [0.15, 0.2) is 16.9 Å². The lowest BCUT2D eigenvalue weighted by atomic mass is 10.1. The molecule has 0 saturated carbocycles. The third-order valence-electron chi connectivity index (χ3n) is 3.68. The summed E-state index contributed by atoms with van der Waals surface area (Å²) in [5.74, 6) is 2.31. The number of aryl methyl sites for hydroxylation is 2. The van der Waals surface area contributed by atoms with Crippen molar-refractivity contribution in [3.63, 3.8) is 0 Å². The number of nitrogens with zero attached hydrogens (tertiary/aromatic N) is 5. The van der Waals surface area contributed by atoms with E-state index >= 15 is 0 Å². The Labute approximate surface area is 123 Å². The zero-order valence-electron chi connectivity index (χ0n) is 12.4. The van der Waals surface area contributed by atoms with E-state index in [-0.39, 0.29) is 0 Å². The minimum absolute atomic E-state index is 0.461. The standard InChI is InChI=1S/C14H20N6O/c1-10-7-13(16-9-15-10)18-12-3-5-20(6-4-12)8-14-17-11(2)21-19-14/h7,9,12H,3-6,8H2,1-2H3,(H,15,16,18). The summed E-state index contributed by atoms with van der Waals surface area (Å²) in [5.41, 5.74) is 0.984. The van der Waals surface area contributed by atoms with Crippen molar-refractivity contribution < 1.29 is 4.52 Å². The largest absolute Gasteiger partial charge is 0.367 e. The van der Waals surface area contributed by atoms with Crippen molar-refractivity contribution in [2.75, 3.05) is 18.4 Å². The lowest BCUT2D eigenvalue weighted by Gasteiger charge is -2.31. The van der Waals surface area contributed by atoms with Gasteiger partial charge in [-0.2, -0.15) is 4.98 Å². The molecule has 3 heterocycles. The number of hydrogen-bond donors (Lipinski definition) is 1. The number of likely N-dealkylation sites (tertiary alicyclic amines) is 1. The quantitative estimate of drug-likeness (QED) is 0.914. The minimum Gasteiger partial charge on any atom is -0.367 e. The highest BCUT2D eigenvalue weighted by molar-refractivity contribution is 5.35. The van der Waals surface area contributed by atoms with Crippen LogP contribution in [0.5, 0.6) is 0 Å². The molecule has 0 atom stereocenters. The second-order valence-corrected chi connectivity index (χ2v) is 5.47. The second kappa shape index (κ2) is 6.17. The van der Waals surface area contributed by atoms with Crippen molar-refractivity contribution in [1.29, 1.82) is 0 Å². The Morgan fingerprint density at radius 2 is 2.10 bits per heavy atom. The lowest BCUT2D eigenvalue weighted by Crippen LogP contribution is -2.39. The lowest BCUT2D eigenvalue weighted by molar-refractivity contribution is 0.204. The molecule has 1 fully saturated rings. The summed E-state index contributed by atoms with van der Waals surface area (Å²) in [6.45, 7) is 6.60. The third kappa shape index (κ3) is 3.75. The summed E-state index contributed by atoms with van der Waals surface area (Å²) in [4.78, 5) is 15.0. The number of piperidine rings is 1. The van der Waals surface area contributed by atoms with Crippen LogP contribution in [0, 0.1) is 13.8 Å². The average Bonchev–Trinajstić information content (AvgIpc) is 2.86. The molecule has 0 unspecified atom stereocenters. The summed E-state index contributed by atoms with van der Waals surface area (Å²) in [7, 11) is 0. The fourth-order valence-corrected chi connectivity index (χ4v) is 2.58. The molecule has 112 valence electrons. The Balaban J connectivity index is 1.48. The van der Waals surface area contributed by atoms with Crippen molar-refractivity contribution in [2.45, 2.75) is 39.3 Å². The molecule has 21 heavy (non-hydrogen) atoms. The van der Waals surface area contributed by atoms with Crippen LogP contribution in [0.2, 0.25) is 0 Å². The Morgan fingerprint density at radius 3 is 2.76 bits per heavy atom. The fourth-order valence-electron chi connectivity index (χ4n) is 2.58. The Kier molecular flexibility index (Phi) is 4.10. The summed E-state index contributed by atoms with van der Waals surface area (Å²) in [5, 5.41) is 7.43. The number of nitrogens with one attached hydrogen (secondary N) is 1. The summed E-state index contributed by atoms with van der Waals surface area (Å²) in [6, 6.07) is 2.44. The highest BCUT2D eigenvalue weighted by Crippen LogP contribution is 2.16. The van der Waals surface area contributed by atoms with Crippen LogP contribution in [0.3, 0.4) is 0 Å². The van der Waals surface area contributed by atoms with Gasteiger partial charge in [-0.25, -0.2) is 9.97 Å².